The average Bonchev–Trinajstić information content (AvgIpc) is 3.15. The molecule has 2 aromatic carbocycles. The fraction of sp³-hybridized carbons (Fsp3) is 0.385. The molecule has 1 aromatic heterocycles. The molecule has 0 spiro atoms. The van der Waals surface area contributed by atoms with E-state index in [1.165, 1.54) is 20.9 Å². The number of benzene rings is 2. The fourth-order valence-corrected chi connectivity index (χ4v) is 6.49. The van der Waals surface area contributed by atoms with E-state index in [0.717, 1.165) is 35.5 Å². The number of nitrogens with two attached hydrogens (primary N) is 1. The van der Waals surface area contributed by atoms with E-state index in [2.05, 4.69) is 63.4 Å². The zero-order valence-electron chi connectivity index (χ0n) is 18.5. The van der Waals surface area contributed by atoms with Gasteiger partial charge in [0.25, 0.3) is 0 Å². The van der Waals surface area contributed by atoms with Crippen LogP contribution in [-0.2, 0) is 24.3 Å². The van der Waals surface area contributed by atoms with Crippen molar-refractivity contribution in [1.82, 2.24) is 0 Å². The van der Waals surface area contributed by atoms with Crippen molar-refractivity contribution in [3.8, 4) is 5.75 Å². The number of ether oxygens (including phenoxy) is 1. The van der Waals surface area contributed by atoms with E-state index in [1.807, 2.05) is 41.3 Å². The van der Waals surface area contributed by atoms with E-state index < -0.39 is 0 Å². The van der Waals surface area contributed by atoms with Gasteiger partial charge in [0, 0.05) is 33.0 Å². The van der Waals surface area contributed by atoms with Crippen molar-refractivity contribution in [2.24, 2.45) is 5.73 Å². The molecule has 0 aliphatic rings. The molecular formula is C26H33NOS2. The van der Waals surface area contributed by atoms with Crippen LogP contribution in [0.2, 0.25) is 0 Å². The van der Waals surface area contributed by atoms with Gasteiger partial charge in [-0.05, 0) is 60.9 Å². The maximum absolute atomic E-state index is 6.14. The predicted octanol–water partition coefficient (Wildman–Crippen LogP) is 7.06. The first-order valence-electron chi connectivity index (χ1n) is 10.7. The largest absolute Gasteiger partial charge is 0.489 e. The molecule has 0 atom stereocenters. The standard InChI is InChI=1S/C26H33NOS2/c1-5-26(6-2,25-14-19(3)24(30-25)18-29-4)22-12-13-23(21(15-22)16-27)28-17-20-10-8-7-9-11-20/h7-15H,5-6,16-18,27H2,1-4H3. The van der Waals surface area contributed by atoms with Gasteiger partial charge in [-0.25, -0.2) is 0 Å². The van der Waals surface area contributed by atoms with Crippen LogP contribution < -0.4 is 10.5 Å². The summed E-state index contributed by atoms with van der Waals surface area (Å²) in [5.41, 5.74) is 11.2. The Balaban J connectivity index is 1.94. The van der Waals surface area contributed by atoms with E-state index in [4.69, 9.17) is 10.5 Å². The Labute approximate surface area is 189 Å². The van der Waals surface area contributed by atoms with Crippen molar-refractivity contribution < 1.29 is 4.74 Å². The van der Waals surface area contributed by atoms with Crippen molar-refractivity contribution >= 4 is 23.1 Å². The molecule has 0 amide bonds. The molecule has 3 aromatic rings. The molecule has 0 unspecified atom stereocenters. The van der Waals surface area contributed by atoms with Gasteiger partial charge in [0.15, 0.2) is 0 Å². The Hall–Kier alpha value is -1.75. The van der Waals surface area contributed by atoms with E-state index in [1.54, 1.807) is 0 Å². The molecule has 4 heteroatoms. The third-order valence-electron chi connectivity index (χ3n) is 6.04. The molecule has 160 valence electrons. The summed E-state index contributed by atoms with van der Waals surface area (Å²) in [4.78, 5) is 2.96. The normalized spacial score (nSPS) is 11.6. The lowest BCUT2D eigenvalue weighted by molar-refractivity contribution is 0.302. The first-order valence-corrected chi connectivity index (χ1v) is 12.9. The Kier molecular flexibility index (Phi) is 8.04. The van der Waals surface area contributed by atoms with E-state index in [9.17, 15) is 0 Å². The lowest BCUT2D eigenvalue weighted by Gasteiger charge is -2.32. The Morgan fingerprint density at radius 1 is 1.03 bits per heavy atom. The minimum Gasteiger partial charge on any atom is -0.489 e. The smallest absolute Gasteiger partial charge is 0.124 e. The summed E-state index contributed by atoms with van der Waals surface area (Å²) in [5.74, 6) is 1.97. The Morgan fingerprint density at radius 3 is 2.40 bits per heavy atom. The van der Waals surface area contributed by atoms with E-state index >= 15 is 0 Å². The minimum atomic E-state index is 0.0218. The molecule has 1 heterocycles. The average molecular weight is 440 g/mol. The minimum absolute atomic E-state index is 0.0218. The van der Waals surface area contributed by atoms with Crippen LogP contribution in [-0.4, -0.2) is 6.26 Å². The van der Waals surface area contributed by atoms with Gasteiger partial charge in [-0.15, -0.1) is 11.3 Å². The molecule has 0 saturated carbocycles. The van der Waals surface area contributed by atoms with Crippen LogP contribution in [0.5, 0.6) is 5.75 Å². The predicted molar refractivity (Wildman–Crippen MR) is 133 cm³/mol. The maximum atomic E-state index is 6.14. The monoisotopic (exact) mass is 439 g/mol. The molecule has 0 bridgehead atoms. The summed E-state index contributed by atoms with van der Waals surface area (Å²) >= 11 is 3.87. The molecular weight excluding hydrogens is 406 g/mol. The highest BCUT2D eigenvalue weighted by molar-refractivity contribution is 7.97. The summed E-state index contributed by atoms with van der Waals surface area (Å²) in [5, 5.41) is 0. The highest BCUT2D eigenvalue weighted by Crippen LogP contribution is 2.44. The third kappa shape index (κ3) is 4.77. The highest BCUT2D eigenvalue weighted by atomic mass is 32.2. The summed E-state index contributed by atoms with van der Waals surface area (Å²) < 4.78 is 6.13. The Morgan fingerprint density at radius 2 is 1.77 bits per heavy atom. The second-order valence-electron chi connectivity index (χ2n) is 7.74. The number of hydrogen-bond donors (Lipinski definition) is 1. The number of hydrogen-bond acceptors (Lipinski definition) is 4. The summed E-state index contributed by atoms with van der Waals surface area (Å²) in [6.07, 6.45) is 4.31. The van der Waals surface area contributed by atoms with Gasteiger partial charge in [0.05, 0.1) is 0 Å². The van der Waals surface area contributed by atoms with Crippen LogP contribution in [0.4, 0.5) is 0 Å². The molecule has 0 fully saturated rings. The lowest BCUT2D eigenvalue weighted by atomic mass is 9.74. The van der Waals surface area contributed by atoms with Crippen molar-refractivity contribution in [2.45, 2.75) is 57.9 Å². The van der Waals surface area contributed by atoms with Crippen LogP contribution in [0, 0.1) is 6.92 Å². The molecule has 3 rings (SSSR count). The third-order valence-corrected chi connectivity index (χ3v) is 8.25. The van der Waals surface area contributed by atoms with Crippen LogP contribution in [0.3, 0.4) is 0 Å². The number of thiophene rings is 1. The Bertz CT molecular complexity index is 945. The van der Waals surface area contributed by atoms with Crippen LogP contribution in [0.15, 0.2) is 54.6 Å². The van der Waals surface area contributed by atoms with Gasteiger partial charge in [-0.1, -0.05) is 50.2 Å². The highest BCUT2D eigenvalue weighted by Gasteiger charge is 2.33. The summed E-state index contributed by atoms with van der Waals surface area (Å²) in [7, 11) is 0. The second-order valence-corrected chi connectivity index (χ2v) is 9.74. The van der Waals surface area contributed by atoms with Gasteiger partial charge < -0.3 is 10.5 Å². The molecule has 2 N–H and O–H groups in total. The van der Waals surface area contributed by atoms with Crippen molar-refractivity contribution in [3.63, 3.8) is 0 Å². The first-order chi connectivity index (χ1) is 14.6. The van der Waals surface area contributed by atoms with Crippen molar-refractivity contribution in [2.75, 3.05) is 6.26 Å². The maximum Gasteiger partial charge on any atom is 0.124 e. The zero-order chi connectivity index (χ0) is 21.6. The molecule has 0 radical (unpaired) electrons. The van der Waals surface area contributed by atoms with Gasteiger partial charge >= 0.3 is 0 Å². The summed E-state index contributed by atoms with van der Waals surface area (Å²) in [6.45, 7) is 7.88. The van der Waals surface area contributed by atoms with Gasteiger partial charge in [-0.3, -0.25) is 0 Å². The van der Waals surface area contributed by atoms with Crippen LogP contribution >= 0.6 is 23.1 Å². The molecule has 0 saturated heterocycles. The molecule has 2 nitrogen and oxygen atoms in total. The second kappa shape index (κ2) is 10.5. The first kappa shape index (κ1) is 22.9. The molecule has 0 aliphatic carbocycles. The van der Waals surface area contributed by atoms with Gasteiger partial charge in [0.2, 0.25) is 0 Å². The number of aryl methyl sites for hydroxylation is 1. The van der Waals surface area contributed by atoms with Crippen molar-refractivity contribution in [3.05, 3.63) is 86.6 Å². The van der Waals surface area contributed by atoms with Crippen LogP contribution in [0.1, 0.15) is 58.7 Å². The zero-order valence-corrected chi connectivity index (χ0v) is 20.2. The SMILES string of the molecule is CCC(CC)(c1ccc(OCc2ccccc2)c(CN)c1)c1cc(C)c(CSC)s1. The lowest BCUT2D eigenvalue weighted by Crippen LogP contribution is -2.25. The van der Waals surface area contributed by atoms with Gasteiger partial charge in [-0.2, -0.15) is 11.8 Å². The van der Waals surface area contributed by atoms with Gasteiger partial charge in [0.1, 0.15) is 12.4 Å². The summed E-state index contributed by atoms with van der Waals surface area (Å²) in [6, 6.07) is 19.3. The molecule has 30 heavy (non-hydrogen) atoms. The van der Waals surface area contributed by atoms with Crippen molar-refractivity contribution in [1.29, 1.82) is 0 Å². The quantitative estimate of drug-likeness (QED) is 0.367. The topological polar surface area (TPSA) is 35.2 Å². The van der Waals surface area contributed by atoms with E-state index in [-0.39, 0.29) is 5.41 Å². The van der Waals surface area contributed by atoms with Crippen LogP contribution in [0.25, 0.3) is 0 Å². The number of rotatable bonds is 10. The van der Waals surface area contributed by atoms with E-state index in [0.29, 0.717) is 13.2 Å². The molecule has 0 aliphatic heterocycles. The fourth-order valence-electron chi connectivity index (χ4n) is 4.09. The number of thioether (sulfide) groups is 1.